The molecule has 1 heterocycles. The van der Waals surface area contributed by atoms with Crippen LogP contribution in [0.15, 0.2) is 36.7 Å². The zero-order chi connectivity index (χ0) is 15.9. The predicted octanol–water partition coefficient (Wildman–Crippen LogP) is 2.49. The first-order chi connectivity index (χ1) is 10.6. The fourth-order valence-electron chi connectivity index (χ4n) is 1.68. The van der Waals surface area contributed by atoms with Crippen molar-refractivity contribution >= 4 is 29.2 Å². The molecule has 0 saturated heterocycles. The Hall–Kier alpha value is -2.47. The number of halogens is 1. The summed E-state index contributed by atoms with van der Waals surface area (Å²) >= 11 is 5.84. The topological polar surface area (TPSA) is 81.2 Å². The van der Waals surface area contributed by atoms with Crippen LogP contribution in [0.25, 0.3) is 0 Å². The number of nitrogens with zero attached hydrogens (tertiary/aromatic N) is 2. The van der Waals surface area contributed by atoms with E-state index in [2.05, 4.69) is 15.3 Å². The smallest absolute Gasteiger partial charge is 0.313 e. The molecular weight excluding hydrogens is 306 g/mol. The number of carbonyl (C=O) groups excluding carboxylic acids is 2. The summed E-state index contributed by atoms with van der Waals surface area (Å²) in [4.78, 5) is 31.3. The minimum Gasteiger partial charge on any atom is -0.466 e. The van der Waals surface area contributed by atoms with Crippen molar-refractivity contribution in [1.29, 1.82) is 0 Å². The number of nitrogens with one attached hydrogen (secondary N) is 1. The van der Waals surface area contributed by atoms with Crippen LogP contribution in [0.5, 0.6) is 0 Å². The number of aromatic nitrogens is 2. The van der Waals surface area contributed by atoms with E-state index >= 15 is 0 Å². The minimum absolute atomic E-state index is 0.00361. The molecule has 0 spiro atoms. The Morgan fingerprint density at radius 3 is 2.64 bits per heavy atom. The van der Waals surface area contributed by atoms with E-state index < -0.39 is 5.97 Å². The quantitative estimate of drug-likeness (QED) is 0.856. The number of anilines is 1. The SMILES string of the molecule is CCOC(=O)Cc1ncc(NC(=O)c2cccc(Cl)c2)cn1. The molecule has 1 aromatic heterocycles. The summed E-state index contributed by atoms with van der Waals surface area (Å²) in [5.41, 5.74) is 0.862. The van der Waals surface area contributed by atoms with Gasteiger partial charge in [0.2, 0.25) is 0 Å². The minimum atomic E-state index is -0.391. The molecule has 0 atom stereocenters. The van der Waals surface area contributed by atoms with Crippen LogP contribution in [0.4, 0.5) is 5.69 Å². The molecule has 22 heavy (non-hydrogen) atoms. The van der Waals surface area contributed by atoms with Crippen molar-refractivity contribution in [2.45, 2.75) is 13.3 Å². The van der Waals surface area contributed by atoms with Gasteiger partial charge in [-0.25, -0.2) is 9.97 Å². The van der Waals surface area contributed by atoms with Crippen LogP contribution < -0.4 is 5.32 Å². The number of rotatable bonds is 5. The molecule has 114 valence electrons. The number of benzene rings is 1. The molecule has 0 unspecified atom stereocenters. The van der Waals surface area contributed by atoms with E-state index in [-0.39, 0.29) is 12.3 Å². The van der Waals surface area contributed by atoms with Crippen LogP contribution in [-0.4, -0.2) is 28.5 Å². The summed E-state index contributed by atoms with van der Waals surface area (Å²) in [6, 6.07) is 6.59. The van der Waals surface area contributed by atoms with Crippen molar-refractivity contribution in [3.05, 3.63) is 53.1 Å². The van der Waals surface area contributed by atoms with E-state index in [4.69, 9.17) is 16.3 Å². The maximum Gasteiger partial charge on any atom is 0.313 e. The Balaban J connectivity index is 1.99. The highest BCUT2D eigenvalue weighted by Gasteiger charge is 2.09. The third kappa shape index (κ3) is 4.53. The summed E-state index contributed by atoms with van der Waals surface area (Å²) in [6.45, 7) is 2.04. The first kappa shape index (κ1) is 15.9. The second-order valence-electron chi connectivity index (χ2n) is 4.33. The van der Waals surface area contributed by atoms with Gasteiger partial charge in [-0.15, -0.1) is 0 Å². The number of hydrogen-bond donors (Lipinski definition) is 1. The Labute approximate surface area is 132 Å². The molecule has 0 bridgehead atoms. The van der Waals surface area contributed by atoms with Crippen molar-refractivity contribution in [3.8, 4) is 0 Å². The van der Waals surface area contributed by atoms with Gasteiger partial charge in [-0.2, -0.15) is 0 Å². The monoisotopic (exact) mass is 319 g/mol. The van der Waals surface area contributed by atoms with Gasteiger partial charge in [-0.1, -0.05) is 17.7 Å². The van der Waals surface area contributed by atoms with Crippen molar-refractivity contribution in [2.75, 3.05) is 11.9 Å². The van der Waals surface area contributed by atoms with Gasteiger partial charge in [0.1, 0.15) is 12.2 Å². The molecular formula is C15H14ClN3O3. The van der Waals surface area contributed by atoms with Crippen LogP contribution in [-0.2, 0) is 16.0 Å². The van der Waals surface area contributed by atoms with Gasteiger partial charge in [0.05, 0.1) is 24.7 Å². The average Bonchev–Trinajstić information content (AvgIpc) is 2.49. The zero-order valence-corrected chi connectivity index (χ0v) is 12.6. The van der Waals surface area contributed by atoms with Gasteiger partial charge in [0.25, 0.3) is 5.91 Å². The largest absolute Gasteiger partial charge is 0.466 e. The molecule has 1 aromatic carbocycles. The fraction of sp³-hybridized carbons (Fsp3) is 0.200. The molecule has 2 aromatic rings. The lowest BCUT2D eigenvalue weighted by molar-refractivity contribution is -0.142. The first-order valence-corrected chi connectivity index (χ1v) is 6.99. The molecule has 0 fully saturated rings. The van der Waals surface area contributed by atoms with E-state index in [1.54, 1.807) is 31.2 Å². The normalized spacial score (nSPS) is 10.1. The zero-order valence-electron chi connectivity index (χ0n) is 11.9. The van der Waals surface area contributed by atoms with Crippen molar-refractivity contribution in [1.82, 2.24) is 9.97 Å². The molecule has 0 aliphatic carbocycles. The van der Waals surface area contributed by atoms with Crippen molar-refractivity contribution < 1.29 is 14.3 Å². The lowest BCUT2D eigenvalue weighted by Crippen LogP contribution is -2.14. The number of ether oxygens (including phenoxy) is 1. The summed E-state index contributed by atoms with van der Waals surface area (Å²) in [7, 11) is 0. The first-order valence-electron chi connectivity index (χ1n) is 6.62. The molecule has 1 N–H and O–H groups in total. The molecule has 0 aliphatic heterocycles. The molecule has 2 rings (SSSR count). The standard InChI is InChI=1S/C15H14ClN3O3/c1-2-22-14(20)7-13-17-8-12(9-18-13)19-15(21)10-4-3-5-11(16)6-10/h3-6,8-9H,2,7H2,1H3,(H,19,21). The Morgan fingerprint density at radius 1 is 1.27 bits per heavy atom. The summed E-state index contributed by atoms with van der Waals surface area (Å²) < 4.78 is 4.81. The maximum absolute atomic E-state index is 12.0. The number of amides is 1. The fourth-order valence-corrected chi connectivity index (χ4v) is 1.87. The van der Waals surface area contributed by atoms with Crippen LogP contribution >= 0.6 is 11.6 Å². The van der Waals surface area contributed by atoms with Crippen molar-refractivity contribution in [2.24, 2.45) is 0 Å². The summed E-state index contributed by atoms with van der Waals surface area (Å²) in [6.07, 6.45) is 2.87. The maximum atomic E-state index is 12.0. The Morgan fingerprint density at radius 2 is 2.00 bits per heavy atom. The van der Waals surface area contributed by atoms with Gasteiger partial charge in [0, 0.05) is 10.6 Å². The molecule has 0 aliphatic rings. The number of hydrogen-bond acceptors (Lipinski definition) is 5. The third-order valence-electron chi connectivity index (χ3n) is 2.66. The van der Waals surface area contributed by atoms with E-state index in [1.807, 2.05) is 0 Å². The van der Waals surface area contributed by atoms with E-state index in [9.17, 15) is 9.59 Å². The molecule has 0 saturated carbocycles. The molecule has 0 radical (unpaired) electrons. The number of esters is 1. The van der Waals surface area contributed by atoms with Gasteiger partial charge in [-0.3, -0.25) is 9.59 Å². The van der Waals surface area contributed by atoms with Crippen LogP contribution in [0.1, 0.15) is 23.1 Å². The Kier molecular flexibility index (Phi) is 5.43. The molecule has 7 heteroatoms. The van der Waals surface area contributed by atoms with Crippen molar-refractivity contribution in [3.63, 3.8) is 0 Å². The highest BCUT2D eigenvalue weighted by Crippen LogP contribution is 2.12. The lowest BCUT2D eigenvalue weighted by atomic mass is 10.2. The van der Waals surface area contributed by atoms with Crippen LogP contribution in [0, 0.1) is 0 Å². The van der Waals surface area contributed by atoms with E-state index in [0.717, 1.165) is 0 Å². The van der Waals surface area contributed by atoms with E-state index in [0.29, 0.717) is 28.7 Å². The summed E-state index contributed by atoms with van der Waals surface area (Å²) in [5.74, 6) is -0.373. The highest BCUT2D eigenvalue weighted by atomic mass is 35.5. The third-order valence-corrected chi connectivity index (χ3v) is 2.89. The molecule has 6 nitrogen and oxygen atoms in total. The predicted molar refractivity (Wildman–Crippen MR) is 81.8 cm³/mol. The second-order valence-corrected chi connectivity index (χ2v) is 4.77. The van der Waals surface area contributed by atoms with Crippen LogP contribution in [0.3, 0.4) is 0 Å². The number of carbonyl (C=O) groups is 2. The van der Waals surface area contributed by atoms with Crippen LogP contribution in [0.2, 0.25) is 5.02 Å². The second kappa shape index (κ2) is 7.51. The Bertz CT molecular complexity index is 674. The lowest BCUT2D eigenvalue weighted by Gasteiger charge is -2.06. The highest BCUT2D eigenvalue weighted by molar-refractivity contribution is 6.31. The van der Waals surface area contributed by atoms with Gasteiger partial charge >= 0.3 is 5.97 Å². The van der Waals surface area contributed by atoms with Gasteiger partial charge in [0.15, 0.2) is 0 Å². The van der Waals surface area contributed by atoms with E-state index in [1.165, 1.54) is 12.4 Å². The summed E-state index contributed by atoms with van der Waals surface area (Å²) in [5, 5.41) is 3.13. The molecule has 1 amide bonds. The van der Waals surface area contributed by atoms with Gasteiger partial charge in [-0.05, 0) is 25.1 Å². The average molecular weight is 320 g/mol. The van der Waals surface area contributed by atoms with Gasteiger partial charge < -0.3 is 10.1 Å².